The summed E-state index contributed by atoms with van der Waals surface area (Å²) >= 11 is 6.38. The minimum Gasteiger partial charge on any atom is -0.444 e. The maximum Gasteiger partial charge on any atom is 0.409 e. The predicted octanol–water partition coefficient (Wildman–Crippen LogP) is 4.13. The Labute approximate surface area is 168 Å². The van der Waals surface area contributed by atoms with Crippen LogP contribution in [0.4, 0.5) is 10.5 Å². The zero-order valence-corrected chi connectivity index (χ0v) is 16.6. The molecule has 2 aromatic carbocycles. The molecule has 0 fully saturated rings. The third kappa shape index (κ3) is 3.54. The fourth-order valence-electron chi connectivity index (χ4n) is 3.14. The monoisotopic (exact) mass is 397 g/mol. The summed E-state index contributed by atoms with van der Waals surface area (Å²) in [5.74, 6) is -0.576. The summed E-state index contributed by atoms with van der Waals surface area (Å²) in [6, 6.07) is 16.2. The van der Waals surface area contributed by atoms with Gasteiger partial charge in [0.05, 0.1) is 17.3 Å². The molecule has 1 atom stereocenters. The Balaban J connectivity index is 2.05. The lowest BCUT2D eigenvalue weighted by atomic mass is 9.93. The predicted molar refractivity (Wildman–Crippen MR) is 106 cm³/mol. The smallest absolute Gasteiger partial charge is 0.409 e. The number of alkyl carbamates (subject to hydrolysis) is 1. The van der Waals surface area contributed by atoms with E-state index in [-0.39, 0.29) is 6.54 Å². The third-order valence-corrected chi connectivity index (χ3v) is 4.57. The van der Waals surface area contributed by atoms with Crippen molar-refractivity contribution in [2.75, 3.05) is 4.90 Å². The molecule has 1 aliphatic rings. The second-order valence-electron chi connectivity index (χ2n) is 7.50. The molecule has 0 unspecified atom stereocenters. The van der Waals surface area contributed by atoms with Crippen molar-refractivity contribution in [3.8, 4) is 6.07 Å². The van der Waals surface area contributed by atoms with Crippen LogP contribution in [-0.2, 0) is 21.6 Å². The van der Waals surface area contributed by atoms with Gasteiger partial charge in [-0.15, -0.1) is 0 Å². The Bertz CT molecular complexity index is 963. The van der Waals surface area contributed by atoms with E-state index < -0.39 is 23.1 Å². The van der Waals surface area contributed by atoms with Gasteiger partial charge in [-0.25, -0.2) is 4.79 Å². The fourth-order valence-corrected chi connectivity index (χ4v) is 3.42. The van der Waals surface area contributed by atoms with E-state index in [0.29, 0.717) is 16.3 Å². The highest BCUT2D eigenvalue weighted by Gasteiger charge is 2.54. The van der Waals surface area contributed by atoms with Gasteiger partial charge in [0, 0.05) is 5.56 Å². The molecule has 1 aliphatic heterocycles. The minimum atomic E-state index is -1.91. The molecule has 0 aliphatic carbocycles. The van der Waals surface area contributed by atoms with E-state index in [1.54, 1.807) is 39.0 Å². The average molecular weight is 398 g/mol. The van der Waals surface area contributed by atoms with E-state index in [4.69, 9.17) is 16.3 Å². The summed E-state index contributed by atoms with van der Waals surface area (Å²) in [5.41, 5.74) is -1.07. The molecule has 6 nitrogen and oxygen atoms in total. The lowest BCUT2D eigenvalue weighted by Gasteiger charge is -2.26. The topological polar surface area (TPSA) is 82.4 Å². The quantitative estimate of drug-likeness (QED) is 0.844. The first-order valence-electron chi connectivity index (χ1n) is 8.75. The van der Waals surface area contributed by atoms with Gasteiger partial charge < -0.3 is 9.64 Å². The van der Waals surface area contributed by atoms with Crippen LogP contribution in [0.25, 0.3) is 0 Å². The standard InChI is InChI=1S/C21H20ClN3O3/c1-20(2,3)28-19(27)24-21(13-23)15-10-7-11-16(22)17(15)25(18(21)26)12-14-8-5-4-6-9-14/h4-11H,12H2,1-3H3,(H,24,27)/t21-/m0/s1. The van der Waals surface area contributed by atoms with E-state index in [9.17, 15) is 14.9 Å². The molecule has 28 heavy (non-hydrogen) atoms. The van der Waals surface area contributed by atoms with Crippen LogP contribution in [0, 0.1) is 11.3 Å². The largest absolute Gasteiger partial charge is 0.444 e. The number of hydrogen-bond acceptors (Lipinski definition) is 4. The number of carbonyl (C=O) groups is 2. The second kappa shape index (κ2) is 7.17. The molecular weight excluding hydrogens is 378 g/mol. The van der Waals surface area contributed by atoms with E-state index in [0.717, 1.165) is 5.56 Å². The molecule has 2 aromatic rings. The van der Waals surface area contributed by atoms with Gasteiger partial charge in [-0.2, -0.15) is 5.26 Å². The number of fused-ring (bicyclic) bond motifs is 1. The highest BCUT2D eigenvalue weighted by Crippen LogP contribution is 2.45. The number of benzene rings is 2. The van der Waals surface area contributed by atoms with Crippen molar-refractivity contribution in [2.45, 2.75) is 38.5 Å². The van der Waals surface area contributed by atoms with Crippen LogP contribution in [0.5, 0.6) is 0 Å². The molecular formula is C21H20ClN3O3. The summed E-state index contributed by atoms with van der Waals surface area (Å²) in [4.78, 5) is 27.2. The first kappa shape index (κ1) is 19.7. The number of amides is 2. The molecule has 3 rings (SSSR count). The Morgan fingerprint density at radius 1 is 1.21 bits per heavy atom. The molecule has 0 aromatic heterocycles. The third-order valence-electron chi connectivity index (χ3n) is 4.27. The number of carbonyl (C=O) groups excluding carboxylic acids is 2. The number of anilines is 1. The van der Waals surface area contributed by atoms with Crippen molar-refractivity contribution in [2.24, 2.45) is 0 Å². The van der Waals surface area contributed by atoms with Crippen molar-refractivity contribution in [1.29, 1.82) is 5.26 Å². The zero-order chi connectivity index (χ0) is 20.5. The number of ether oxygens (including phenoxy) is 1. The number of rotatable bonds is 3. The number of nitrogens with one attached hydrogen (secondary N) is 1. The van der Waals surface area contributed by atoms with Gasteiger partial charge in [0.15, 0.2) is 0 Å². The van der Waals surface area contributed by atoms with Crippen molar-refractivity contribution in [3.05, 3.63) is 64.7 Å². The molecule has 0 spiro atoms. The van der Waals surface area contributed by atoms with Gasteiger partial charge in [-0.05, 0) is 32.4 Å². The van der Waals surface area contributed by atoms with Crippen LogP contribution < -0.4 is 10.2 Å². The van der Waals surface area contributed by atoms with Gasteiger partial charge in [-0.3, -0.25) is 10.1 Å². The van der Waals surface area contributed by atoms with E-state index >= 15 is 0 Å². The molecule has 0 saturated heterocycles. The van der Waals surface area contributed by atoms with E-state index in [2.05, 4.69) is 5.32 Å². The molecule has 1 N–H and O–H groups in total. The molecule has 2 amide bonds. The van der Waals surface area contributed by atoms with Crippen LogP contribution >= 0.6 is 11.6 Å². The molecule has 0 radical (unpaired) electrons. The van der Waals surface area contributed by atoms with Crippen LogP contribution in [0.2, 0.25) is 5.02 Å². The Hall–Kier alpha value is -3.04. The number of hydrogen-bond donors (Lipinski definition) is 1. The maximum atomic E-state index is 13.3. The van der Waals surface area contributed by atoms with Crippen molar-refractivity contribution in [1.82, 2.24) is 5.32 Å². The SMILES string of the molecule is CC(C)(C)OC(=O)N[C@]1(C#N)C(=O)N(Cc2ccccc2)c2c(Cl)cccc21. The Morgan fingerprint density at radius 3 is 2.50 bits per heavy atom. The van der Waals surface area contributed by atoms with Gasteiger partial charge in [-0.1, -0.05) is 54.1 Å². The molecule has 1 heterocycles. The van der Waals surface area contributed by atoms with E-state index in [1.807, 2.05) is 36.4 Å². The van der Waals surface area contributed by atoms with Crippen LogP contribution in [0.3, 0.4) is 0 Å². The molecule has 0 saturated carbocycles. The van der Waals surface area contributed by atoms with Crippen molar-refractivity contribution in [3.63, 3.8) is 0 Å². The van der Waals surface area contributed by atoms with Crippen molar-refractivity contribution >= 4 is 29.3 Å². The number of para-hydroxylation sites is 1. The average Bonchev–Trinajstić information content (AvgIpc) is 2.85. The van der Waals surface area contributed by atoms with Crippen molar-refractivity contribution < 1.29 is 14.3 Å². The normalized spacial score (nSPS) is 18.4. The number of nitrogens with zero attached hydrogens (tertiary/aromatic N) is 2. The van der Waals surface area contributed by atoms with Crippen LogP contribution in [0.1, 0.15) is 31.9 Å². The zero-order valence-electron chi connectivity index (χ0n) is 15.8. The second-order valence-corrected chi connectivity index (χ2v) is 7.91. The maximum absolute atomic E-state index is 13.3. The lowest BCUT2D eigenvalue weighted by Crippen LogP contribution is -2.53. The molecule has 144 valence electrons. The van der Waals surface area contributed by atoms with Gasteiger partial charge in [0.2, 0.25) is 5.54 Å². The lowest BCUT2D eigenvalue weighted by molar-refractivity contribution is -0.122. The van der Waals surface area contributed by atoms with Gasteiger partial charge in [0.1, 0.15) is 11.7 Å². The molecule has 0 bridgehead atoms. The Kier molecular flexibility index (Phi) is 5.05. The highest BCUT2D eigenvalue weighted by atomic mass is 35.5. The van der Waals surface area contributed by atoms with Gasteiger partial charge >= 0.3 is 6.09 Å². The number of halogens is 1. The summed E-state index contributed by atoms with van der Waals surface area (Å²) in [7, 11) is 0. The Morgan fingerprint density at radius 2 is 1.89 bits per heavy atom. The minimum absolute atomic E-state index is 0.218. The first-order chi connectivity index (χ1) is 13.2. The fraction of sp³-hybridized carbons (Fsp3) is 0.286. The summed E-state index contributed by atoms with van der Waals surface area (Å²) < 4.78 is 5.27. The number of nitriles is 1. The van der Waals surface area contributed by atoms with E-state index in [1.165, 1.54) is 4.90 Å². The highest BCUT2D eigenvalue weighted by molar-refractivity contribution is 6.35. The first-order valence-corrected chi connectivity index (χ1v) is 9.13. The van der Waals surface area contributed by atoms with Gasteiger partial charge in [0.25, 0.3) is 5.91 Å². The van der Waals surface area contributed by atoms with Crippen LogP contribution in [0.15, 0.2) is 48.5 Å². The summed E-state index contributed by atoms with van der Waals surface area (Å²) in [6.07, 6.45) is -0.852. The van der Waals surface area contributed by atoms with Crippen LogP contribution in [-0.4, -0.2) is 17.6 Å². The summed E-state index contributed by atoms with van der Waals surface area (Å²) in [5, 5.41) is 12.7. The molecule has 7 heteroatoms. The summed E-state index contributed by atoms with van der Waals surface area (Å²) in [6.45, 7) is 5.33.